The Labute approximate surface area is 370 Å². The fourth-order valence-electron chi connectivity index (χ4n) is 6.38. The van der Waals surface area contributed by atoms with Gasteiger partial charge >= 0.3 is 37.7 Å². The summed E-state index contributed by atoms with van der Waals surface area (Å²) in [6, 6.07) is 21.3. The Hall–Kier alpha value is -2.84. The summed E-state index contributed by atoms with van der Waals surface area (Å²) in [6.07, 6.45) is 19.4. The van der Waals surface area contributed by atoms with Crippen molar-refractivity contribution in [2.24, 2.45) is 0 Å². The third kappa shape index (κ3) is 20.1. The van der Waals surface area contributed by atoms with Crippen LogP contribution in [0.1, 0.15) is 128 Å². The summed E-state index contributed by atoms with van der Waals surface area (Å²) in [4.78, 5) is -0.265. The number of aromatic hydroxyl groups is 1. The number of hydrogen-bond acceptors (Lipinski definition) is 9. The number of hydrogen-bond donors (Lipinski definition) is 2. The zero-order chi connectivity index (χ0) is 40.8. The molecule has 0 aliphatic rings. The Morgan fingerprint density at radius 3 is 1.37 bits per heavy atom. The SMILES string of the molecule is CCCCCCCCCCc1cc(Oc2cccc(O)c2)ccc1S(=O)(=O)O.CCCCCCCCCCc1cc(Oc2cccc([O-])c2)ccc1S(=O)(=O)[O-].[Ca+2]. The van der Waals surface area contributed by atoms with Crippen molar-refractivity contribution in [1.82, 2.24) is 0 Å². The van der Waals surface area contributed by atoms with Gasteiger partial charge < -0.3 is 24.2 Å². The first-order chi connectivity index (χ1) is 26.8. The van der Waals surface area contributed by atoms with E-state index in [0.717, 1.165) is 38.5 Å². The second-order valence-corrected chi connectivity index (χ2v) is 16.8. The summed E-state index contributed by atoms with van der Waals surface area (Å²) in [5.74, 6) is 1.63. The van der Waals surface area contributed by atoms with Gasteiger partial charge in [-0.05, 0) is 97.5 Å². The van der Waals surface area contributed by atoms with Crippen LogP contribution in [0.15, 0.2) is 94.7 Å². The van der Waals surface area contributed by atoms with Gasteiger partial charge in [0.05, 0.1) is 9.79 Å². The van der Waals surface area contributed by atoms with Crippen molar-refractivity contribution < 1.29 is 45.6 Å². The van der Waals surface area contributed by atoms with Gasteiger partial charge in [0.1, 0.15) is 38.9 Å². The van der Waals surface area contributed by atoms with E-state index >= 15 is 0 Å². The Bertz CT molecular complexity index is 1840. The topological polar surface area (TPSA) is 173 Å². The number of aryl methyl sites for hydroxylation is 2. The molecule has 4 aromatic rings. The first-order valence-corrected chi connectivity index (χ1v) is 22.8. The molecule has 0 amide bonds. The van der Waals surface area contributed by atoms with E-state index < -0.39 is 20.2 Å². The molecular formula is C44H58CaO10S2. The van der Waals surface area contributed by atoms with Crippen LogP contribution in [0.5, 0.6) is 34.5 Å². The smallest absolute Gasteiger partial charge is 0.872 e. The third-order valence-corrected chi connectivity index (χ3v) is 11.2. The van der Waals surface area contributed by atoms with E-state index in [9.17, 15) is 36.2 Å². The molecule has 0 saturated heterocycles. The van der Waals surface area contributed by atoms with Crippen LogP contribution in [0.2, 0.25) is 0 Å². The average Bonchev–Trinajstić information content (AvgIpc) is 3.13. The van der Waals surface area contributed by atoms with E-state index in [4.69, 9.17) is 9.47 Å². The Balaban J connectivity index is 0.000000387. The van der Waals surface area contributed by atoms with Crippen LogP contribution in [-0.4, -0.2) is 68.8 Å². The molecule has 0 unspecified atom stereocenters. The molecule has 308 valence electrons. The van der Waals surface area contributed by atoms with Crippen molar-refractivity contribution in [3.63, 3.8) is 0 Å². The van der Waals surface area contributed by atoms with Crippen molar-refractivity contribution in [2.45, 2.75) is 139 Å². The van der Waals surface area contributed by atoms with E-state index in [1.807, 2.05) is 0 Å². The Kier molecular flexibility index (Phi) is 23.8. The first-order valence-electron chi connectivity index (χ1n) is 19.9. The molecule has 0 radical (unpaired) electrons. The number of unbranched alkanes of at least 4 members (excludes halogenated alkanes) is 14. The molecule has 0 spiro atoms. The Morgan fingerprint density at radius 1 is 0.526 bits per heavy atom. The monoisotopic (exact) mass is 850 g/mol. The maximum atomic E-state index is 11.7. The zero-order valence-electron chi connectivity index (χ0n) is 33.5. The van der Waals surface area contributed by atoms with E-state index in [0.29, 0.717) is 47.0 Å². The first kappa shape index (κ1) is 50.3. The van der Waals surface area contributed by atoms with Crippen molar-refractivity contribution in [2.75, 3.05) is 0 Å². The molecule has 2 N–H and O–H groups in total. The molecule has 0 fully saturated rings. The minimum Gasteiger partial charge on any atom is -0.872 e. The van der Waals surface area contributed by atoms with Crippen LogP contribution >= 0.6 is 0 Å². The number of ether oxygens (including phenoxy) is 2. The molecule has 0 saturated carbocycles. The summed E-state index contributed by atoms with van der Waals surface area (Å²) in [5.41, 5.74) is 1.02. The largest absolute Gasteiger partial charge is 2.00 e. The van der Waals surface area contributed by atoms with Gasteiger partial charge in [0.25, 0.3) is 10.1 Å². The van der Waals surface area contributed by atoms with E-state index in [1.165, 1.54) is 107 Å². The second kappa shape index (κ2) is 27.0. The van der Waals surface area contributed by atoms with Crippen LogP contribution in [0.4, 0.5) is 0 Å². The van der Waals surface area contributed by atoms with Gasteiger partial charge in [0, 0.05) is 6.07 Å². The molecule has 57 heavy (non-hydrogen) atoms. The maximum Gasteiger partial charge on any atom is 2.00 e. The van der Waals surface area contributed by atoms with E-state index in [2.05, 4.69) is 13.8 Å². The predicted octanol–water partition coefficient (Wildman–Crippen LogP) is 10.9. The van der Waals surface area contributed by atoms with Gasteiger partial charge in [0.15, 0.2) is 0 Å². The molecule has 0 bridgehead atoms. The van der Waals surface area contributed by atoms with Gasteiger partial charge in [-0.3, -0.25) is 4.55 Å². The third-order valence-electron chi connectivity index (χ3n) is 9.31. The molecular weight excluding hydrogens is 793 g/mol. The Morgan fingerprint density at radius 2 is 0.930 bits per heavy atom. The van der Waals surface area contributed by atoms with Gasteiger partial charge in [-0.25, -0.2) is 8.42 Å². The van der Waals surface area contributed by atoms with Crippen molar-refractivity contribution >= 4 is 58.0 Å². The van der Waals surface area contributed by atoms with Crippen molar-refractivity contribution in [3.8, 4) is 34.5 Å². The van der Waals surface area contributed by atoms with Crippen LogP contribution in [0.25, 0.3) is 0 Å². The molecule has 13 heteroatoms. The normalized spacial score (nSPS) is 11.3. The molecule has 4 rings (SSSR count). The molecule has 4 aromatic carbocycles. The quantitative estimate of drug-likeness (QED) is 0.0392. The van der Waals surface area contributed by atoms with Gasteiger partial charge in [0.2, 0.25) is 0 Å². The number of benzene rings is 4. The van der Waals surface area contributed by atoms with Gasteiger partial charge in [-0.1, -0.05) is 122 Å². The summed E-state index contributed by atoms with van der Waals surface area (Å²) in [7, 11) is -8.83. The standard InChI is InChI=1S/2C22H30O5S.Ca/c2*1-2-3-4-5-6-7-8-9-11-18-16-21(14-15-22(18)28(24,25)26)27-20-13-10-12-19(23)17-20;/h2*10,12-17,23H,2-9,11H2,1H3,(H,24,25,26);/q;;+2/p-2. The predicted molar refractivity (Wildman–Crippen MR) is 223 cm³/mol. The molecule has 0 aromatic heterocycles. The molecule has 10 nitrogen and oxygen atoms in total. The molecule has 0 aliphatic carbocycles. The zero-order valence-corrected chi connectivity index (χ0v) is 37.3. The molecule has 0 atom stereocenters. The fourth-order valence-corrected chi connectivity index (χ4v) is 7.83. The molecule has 0 aliphatic heterocycles. The van der Waals surface area contributed by atoms with Gasteiger partial charge in [-0.2, -0.15) is 8.42 Å². The van der Waals surface area contributed by atoms with Crippen LogP contribution in [0, 0.1) is 0 Å². The average molecular weight is 851 g/mol. The summed E-state index contributed by atoms with van der Waals surface area (Å²) >= 11 is 0. The van der Waals surface area contributed by atoms with Crippen LogP contribution < -0.4 is 14.6 Å². The van der Waals surface area contributed by atoms with Crippen molar-refractivity contribution in [3.05, 3.63) is 96.1 Å². The van der Waals surface area contributed by atoms with Gasteiger partial charge in [-0.15, -0.1) is 5.75 Å². The van der Waals surface area contributed by atoms with Crippen molar-refractivity contribution in [1.29, 1.82) is 0 Å². The minimum atomic E-state index is -4.54. The van der Waals surface area contributed by atoms with E-state index in [1.54, 1.807) is 42.5 Å². The maximum absolute atomic E-state index is 11.7. The van der Waals surface area contributed by atoms with Crippen LogP contribution in [0.3, 0.4) is 0 Å². The second-order valence-electron chi connectivity index (χ2n) is 14.1. The summed E-state index contributed by atoms with van der Waals surface area (Å²) in [5, 5.41) is 21.0. The summed E-state index contributed by atoms with van der Waals surface area (Å²) in [6.45, 7) is 4.39. The number of rotatable bonds is 24. The fraction of sp³-hybridized carbons (Fsp3) is 0.455. The van der Waals surface area contributed by atoms with E-state index in [-0.39, 0.29) is 59.0 Å². The minimum absolute atomic E-state index is 0. The van der Waals surface area contributed by atoms with Crippen LogP contribution in [-0.2, 0) is 33.1 Å². The number of phenolic OH excluding ortho intramolecular Hbond substituents is 1. The summed E-state index contributed by atoms with van der Waals surface area (Å²) < 4.78 is 78.9. The number of phenols is 1. The molecule has 0 heterocycles.